The molecule has 4 heterocycles. The Balaban J connectivity index is 1.39. The normalized spacial score (nSPS) is 13.0. The van der Waals surface area contributed by atoms with Crippen LogP contribution in [-0.2, 0) is 4.74 Å². The molecule has 10 heteroatoms. The topological polar surface area (TPSA) is 110 Å². The summed E-state index contributed by atoms with van der Waals surface area (Å²) < 4.78 is 19.6. The van der Waals surface area contributed by atoms with Gasteiger partial charge >= 0.3 is 5.97 Å². The molecule has 0 fully saturated rings. The minimum Gasteiger partial charge on any atom is -0.490 e. The van der Waals surface area contributed by atoms with Gasteiger partial charge in [-0.15, -0.1) is 5.10 Å². The Kier molecular flexibility index (Phi) is 5.33. The molecule has 0 aliphatic carbocycles. The van der Waals surface area contributed by atoms with Crippen molar-refractivity contribution in [3.05, 3.63) is 76.8 Å². The van der Waals surface area contributed by atoms with Gasteiger partial charge in [-0.25, -0.2) is 9.78 Å². The maximum atomic E-state index is 13.3. The fraction of sp³-hybridized carbons (Fsp3) is 0.192. The third kappa shape index (κ3) is 3.72. The fourth-order valence-electron chi connectivity index (χ4n) is 4.12. The third-order valence-electron chi connectivity index (χ3n) is 5.90. The van der Waals surface area contributed by atoms with Gasteiger partial charge in [0, 0.05) is 30.1 Å². The van der Waals surface area contributed by atoms with E-state index in [1.54, 1.807) is 48.0 Å². The van der Waals surface area contributed by atoms with E-state index in [2.05, 4.69) is 15.1 Å². The number of rotatable bonds is 4. The molecule has 5 aromatic rings. The molecule has 36 heavy (non-hydrogen) atoms. The Morgan fingerprint density at radius 1 is 1.06 bits per heavy atom. The summed E-state index contributed by atoms with van der Waals surface area (Å²) in [7, 11) is 0. The number of carbonyl (C=O) groups excluding carboxylic acids is 1. The summed E-state index contributed by atoms with van der Waals surface area (Å²) in [5.41, 5.74) is 2.10. The van der Waals surface area contributed by atoms with Crippen molar-refractivity contribution in [1.29, 1.82) is 0 Å². The molecule has 10 nitrogen and oxygen atoms in total. The summed E-state index contributed by atoms with van der Waals surface area (Å²) >= 11 is 0. The van der Waals surface area contributed by atoms with Gasteiger partial charge in [-0.2, -0.15) is 9.50 Å². The van der Waals surface area contributed by atoms with Crippen LogP contribution in [0.15, 0.2) is 65.7 Å². The molecule has 0 spiro atoms. The van der Waals surface area contributed by atoms with Gasteiger partial charge < -0.3 is 14.2 Å². The summed E-state index contributed by atoms with van der Waals surface area (Å²) in [5.74, 6) is 1.78. The number of ether oxygens (including phenoxy) is 3. The van der Waals surface area contributed by atoms with E-state index in [0.29, 0.717) is 65.1 Å². The van der Waals surface area contributed by atoms with Crippen molar-refractivity contribution in [3.63, 3.8) is 0 Å². The molecule has 0 N–H and O–H groups in total. The van der Waals surface area contributed by atoms with Crippen LogP contribution in [0.2, 0.25) is 0 Å². The molecule has 6 rings (SSSR count). The number of nitrogens with zero attached hydrogens (tertiary/aromatic N) is 5. The van der Waals surface area contributed by atoms with Crippen LogP contribution in [-0.4, -0.2) is 49.9 Å². The lowest BCUT2D eigenvalue weighted by atomic mass is 10.2. The predicted molar refractivity (Wildman–Crippen MR) is 131 cm³/mol. The predicted octanol–water partition coefficient (Wildman–Crippen LogP) is 3.43. The van der Waals surface area contributed by atoms with E-state index in [4.69, 9.17) is 14.2 Å². The van der Waals surface area contributed by atoms with E-state index in [0.717, 1.165) is 12.0 Å². The van der Waals surface area contributed by atoms with Gasteiger partial charge in [0.25, 0.3) is 11.3 Å². The van der Waals surface area contributed by atoms with Gasteiger partial charge in [-0.1, -0.05) is 0 Å². The molecule has 0 bridgehead atoms. The molecule has 180 valence electrons. The van der Waals surface area contributed by atoms with Crippen LogP contribution >= 0.6 is 0 Å². The van der Waals surface area contributed by atoms with Crippen LogP contribution < -0.4 is 15.0 Å². The molecule has 2 aromatic carbocycles. The lowest BCUT2D eigenvalue weighted by Crippen LogP contribution is -2.19. The molecule has 1 aliphatic heterocycles. The van der Waals surface area contributed by atoms with Crippen LogP contribution in [0.4, 0.5) is 0 Å². The third-order valence-corrected chi connectivity index (χ3v) is 5.90. The number of aromatic nitrogens is 5. The largest absolute Gasteiger partial charge is 0.490 e. The molecule has 0 saturated carbocycles. The average molecular weight is 483 g/mol. The zero-order chi connectivity index (χ0) is 24.6. The van der Waals surface area contributed by atoms with Crippen molar-refractivity contribution in [2.75, 3.05) is 19.8 Å². The zero-order valence-electron chi connectivity index (χ0n) is 19.4. The number of esters is 1. The lowest BCUT2D eigenvalue weighted by molar-refractivity contribution is 0.0526. The van der Waals surface area contributed by atoms with Gasteiger partial charge in [0.1, 0.15) is 0 Å². The van der Waals surface area contributed by atoms with Crippen LogP contribution in [0.5, 0.6) is 11.5 Å². The van der Waals surface area contributed by atoms with Crippen molar-refractivity contribution in [2.24, 2.45) is 0 Å². The minimum atomic E-state index is -0.406. The average Bonchev–Trinajstić information content (AvgIpc) is 3.21. The lowest BCUT2D eigenvalue weighted by Gasteiger charge is -2.08. The van der Waals surface area contributed by atoms with Gasteiger partial charge in [-0.3, -0.25) is 9.36 Å². The van der Waals surface area contributed by atoms with Crippen LogP contribution in [0, 0.1) is 0 Å². The number of carbonyl (C=O) groups is 1. The Labute approximate surface area is 204 Å². The van der Waals surface area contributed by atoms with Crippen LogP contribution in [0.1, 0.15) is 23.7 Å². The second-order valence-corrected chi connectivity index (χ2v) is 8.17. The van der Waals surface area contributed by atoms with Gasteiger partial charge in [-0.05, 0) is 55.5 Å². The van der Waals surface area contributed by atoms with Gasteiger partial charge in [0.05, 0.1) is 36.3 Å². The van der Waals surface area contributed by atoms with E-state index in [9.17, 15) is 9.59 Å². The van der Waals surface area contributed by atoms with Crippen molar-refractivity contribution in [1.82, 2.24) is 24.1 Å². The van der Waals surface area contributed by atoms with Crippen LogP contribution in [0.25, 0.3) is 33.8 Å². The minimum absolute atomic E-state index is 0.265. The second-order valence-electron chi connectivity index (χ2n) is 8.17. The fourth-order valence-corrected chi connectivity index (χ4v) is 4.12. The summed E-state index contributed by atoms with van der Waals surface area (Å²) in [6.07, 6.45) is 3.99. The molecule has 0 saturated heterocycles. The van der Waals surface area contributed by atoms with Crippen molar-refractivity contribution in [2.45, 2.75) is 13.3 Å². The van der Waals surface area contributed by atoms with E-state index in [1.807, 2.05) is 18.2 Å². The molecular formula is C26H21N5O5. The molecule has 3 aromatic heterocycles. The maximum Gasteiger partial charge on any atom is 0.338 e. The monoisotopic (exact) mass is 483 g/mol. The molecule has 0 unspecified atom stereocenters. The Morgan fingerprint density at radius 2 is 1.86 bits per heavy atom. The summed E-state index contributed by atoms with van der Waals surface area (Å²) in [4.78, 5) is 34.1. The number of pyridine rings is 1. The molecule has 1 aliphatic rings. The summed E-state index contributed by atoms with van der Waals surface area (Å²) in [6, 6.07) is 14.0. The first kappa shape index (κ1) is 21.8. The smallest absolute Gasteiger partial charge is 0.338 e. The SMILES string of the molecule is CCOC(=O)c1ccc(-n2ccc3c(cnc4nc(-c5ccc6c(c5)OCCCO6)nn43)c2=O)cc1. The number of hydrogen-bond donors (Lipinski definition) is 0. The first-order chi connectivity index (χ1) is 17.6. The van der Waals surface area contributed by atoms with E-state index in [1.165, 1.54) is 10.8 Å². The second kappa shape index (κ2) is 8.81. The Bertz CT molecular complexity index is 1670. The number of fused-ring (bicyclic) bond motifs is 4. The van der Waals surface area contributed by atoms with E-state index in [-0.39, 0.29) is 5.56 Å². The molecule has 0 atom stereocenters. The highest BCUT2D eigenvalue weighted by molar-refractivity contribution is 5.89. The number of benzene rings is 2. The van der Waals surface area contributed by atoms with Gasteiger partial charge in [0.15, 0.2) is 17.3 Å². The summed E-state index contributed by atoms with van der Waals surface area (Å²) in [6.45, 7) is 3.24. The van der Waals surface area contributed by atoms with E-state index >= 15 is 0 Å². The highest BCUT2D eigenvalue weighted by atomic mass is 16.5. The first-order valence-electron chi connectivity index (χ1n) is 11.6. The van der Waals surface area contributed by atoms with Crippen LogP contribution in [0.3, 0.4) is 0 Å². The van der Waals surface area contributed by atoms with Crippen molar-refractivity contribution < 1.29 is 19.0 Å². The molecule has 0 radical (unpaired) electrons. The standard InChI is InChI=1S/C26H21N5O5/c1-2-34-25(33)16-4-7-18(8-5-16)30-11-10-20-19(24(30)32)15-27-26-28-23(29-31(20)26)17-6-9-21-22(14-17)36-13-3-12-35-21/h4-11,14-15H,2-3,12-13H2,1H3. The quantitative estimate of drug-likeness (QED) is 0.358. The Morgan fingerprint density at radius 3 is 2.67 bits per heavy atom. The highest BCUT2D eigenvalue weighted by Crippen LogP contribution is 2.33. The first-order valence-corrected chi connectivity index (χ1v) is 11.6. The molecular weight excluding hydrogens is 462 g/mol. The van der Waals surface area contributed by atoms with Gasteiger partial charge in [0.2, 0.25) is 0 Å². The van der Waals surface area contributed by atoms with Crippen molar-refractivity contribution >= 4 is 22.6 Å². The van der Waals surface area contributed by atoms with E-state index < -0.39 is 5.97 Å². The molecule has 0 amide bonds. The summed E-state index contributed by atoms with van der Waals surface area (Å²) in [5, 5.41) is 5.01. The number of hydrogen-bond acceptors (Lipinski definition) is 8. The maximum absolute atomic E-state index is 13.3. The van der Waals surface area contributed by atoms with Crippen molar-refractivity contribution in [3.8, 4) is 28.6 Å². The highest BCUT2D eigenvalue weighted by Gasteiger charge is 2.16. The Hall–Kier alpha value is -4.73. The zero-order valence-corrected chi connectivity index (χ0v) is 19.4.